The van der Waals surface area contributed by atoms with E-state index in [9.17, 15) is 14.4 Å². The highest BCUT2D eigenvalue weighted by molar-refractivity contribution is 7.15. The molecule has 2 heterocycles. The third kappa shape index (κ3) is 4.80. The number of hydrogen-bond acceptors (Lipinski definition) is 5. The van der Waals surface area contributed by atoms with Gasteiger partial charge in [0, 0.05) is 17.1 Å². The number of hydrogen-bond donors (Lipinski definition) is 2. The maximum absolute atomic E-state index is 12.7. The van der Waals surface area contributed by atoms with Crippen LogP contribution in [0.3, 0.4) is 0 Å². The number of carbonyl (C=O) groups excluding carboxylic acids is 2. The molecule has 2 aliphatic carbocycles. The summed E-state index contributed by atoms with van der Waals surface area (Å²) in [5.41, 5.74) is 0.703. The molecule has 160 valence electrons. The van der Waals surface area contributed by atoms with E-state index in [1.54, 1.807) is 6.07 Å². The number of nitrogens with zero attached hydrogens (tertiary/aromatic N) is 2. The summed E-state index contributed by atoms with van der Waals surface area (Å²) in [6, 6.07) is 3.28. The van der Waals surface area contributed by atoms with Crippen molar-refractivity contribution in [2.75, 3.05) is 5.32 Å². The lowest BCUT2D eigenvalue weighted by atomic mass is 9.93. The molecule has 1 saturated carbocycles. The molecule has 2 N–H and O–H groups in total. The normalized spacial score (nSPS) is 19.2. The Labute approximate surface area is 179 Å². The van der Waals surface area contributed by atoms with Crippen LogP contribution in [0.15, 0.2) is 23.1 Å². The predicted octanol–water partition coefficient (Wildman–Crippen LogP) is 3.13. The monoisotopic (exact) mass is 428 g/mol. The predicted molar refractivity (Wildman–Crippen MR) is 117 cm³/mol. The van der Waals surface area contributed by atoms with Crippen molar-refractivity contribution < 1.29 is 9.59 Å². The van der Waals surface area contributed by atoms with Gasteiger partial charge >= 0.3 is 0 Å². The molecular formula is C22H28N4O3S. The third-order valence-electron chi connectivity index (χ3n) is 5.95. The van der Waals surface area contributed by atoms with E-state index >= 15 is 0 Å². The fraction of sp³-hybridized carbons (Fsp3) is 0.545. The molecule has 2 aromatic rings. The van der Waals surface area contributed by atoms with Crippen LogP contribution in [0.4, 0.5) is 5.13 Å². The van der Waals surface area contributed by atoms with Crippen molar-refractivity contribution in [3.8, 4) is 0 Å². The minimum absolute atomic E-state index is 0.0783. The number of carbonyl (C=O) groups is 2. The first kappa shape index (κ1) is 20.8. The summed E-state index contributed by atoms with van der Waals surface area (Å²) >= 11 is 1.52. The highest BCUT2D eigenvalue weighted by Gasteiger charge is 2.22. The maximum Gasteiger partial charge on any atom is 0.263 e. The molecule has 1 unspecified atom stereocenters. The summed E-state index contributed by atoms with van der Waals surface area (Å²) in [4.78, 5) is 43.6. The van der Waals surface area contributed by atoms with E-state index in [1.807, 2.05) is 0 Å². The molecule has 0 saturated heterocycles. The quantitative estimate of drug-likeness (QED) is 0.765. The summed E-state index contributed by atoms with van der Waals surface area (Å²) in [6.45, 7) is 2.08. The van der Waals surface area contributed by atoms with Crippen LogP contribution >= 0.6 is 11.3 Å². The molecule has 30 heavy (non-hydrogen) atoms. The second kappa shape index (κ2) is 9.12. The van der Waals surface area contributed by atoms with E-state index in [0.29, 0.717) is 11.0 Å². The fourth-order valence-corrected chi connectivity index (χ4v) is 5.44. The molecule has 0 bridgehead atoms. The van der Waals surface area contributed by atoms with Gasteiger partial charge in [0.2, 0.25) is 5.91 Å². The van der Waals surface area contributed by atoms with Crippen molar-refractivity contribution in [3.05, 3.63) is 44.8 Å². The molecule has 1 fully saturated rings. The molecule has 0 spiro atoms. The fourth-order valence-electron chi connectivity index (χ4n) is 4.25. The van der Waals surface area contributed by atoms with Gasteiger partial charge in [0.15, 0.2) is 5.13 Å². The summed E-state index contributed by atoms with van der Waals surface area (Å²) in [7, 11) is 0. The summed E-state index contributed by atoms with van der Waals surface area (Å²) in [5.74, 6) is -0.0352. The van der Waals surface area contributed by atoms with E-state index < -0.39 is 5.56 Å². The molecule has 8 heteroatoms. The highest BCUT2D eigenvalue weighted by Crippen LogP contribution is 2.32. The van der Waals surface area contributed by atoms with E-state index in [1.165, 1.54) is 39.5 Å². The van der Waals surface area contributed by atoms with Gasteiger partial charge in [-0.2, -0.15) is 0 Å². The van der Waals surface area contributed by atoms with Crippen LogP contribution in [0.1, 0.15) is 66.4 Å². The van der Waals surface area contributed by atoms with Crippen molar-refractivity contribution in [3.63, 3.8) is 0 Å². The lowest BCUT2D eigenvalue weighted by Crippen LogP contribution is -2.40. The maximum atomic E-state index is 12.7. The van der Waals surface area contributed by atoms with Crippen LogP contribution in [0.5, 0.6) is 0 Å². The van der Waals surface area contributed by atoms with Crippen LogP contribution in [0.2, 0.25) is 0 Å². The van der Waals surface area contributed by atoms with Crippen molar-refractivity contribution in [2.45, 2.75) is 70.9 Å². The average Bonchev–Trinajstić information content (AvgIpc) is 3.11. The smallest absolute Gasteiger partial charge is 0.263 e. The summed E-state index contributed by atoms with van der Waals surface area (Å²) in [5, 5.41) is 6.36. The van der Waals surface area contributed by atoms with Gasteiger partial charge in [0.1, 0.15) is 12.1 Å². The number of thiazole rings is 1. The molecule has 2 amide bonds. The molecule has 0 aliphatic heterocycles. The van der Waals surface area contributed by atoms with Crippen LogP contribution in [0, 0.1) is 5.92 Å². The van der Waals surface area contributed by atoms with E-state index in [2.05, 4.69) is 22.5 Å². The average molecular weight is 429 g/mol. The van der Waals surface area contributed by atoms with Gasteiger partial charge < -0.3 is 15.2 Å². The number of pyridine rings is 1. The first-order chi connectivity index (χ1) is 14.5. The number of nitrogens with one attached hydrogen (secondary N) is 2. The van der Waals surface area contributed by atoms with Gasteiger partial charge in [-0.3, -0.25) is 14.4 Å². The second-order valence-electron chi connectivity index (χ2n) is 8.45. The Balaban J connectivity index is 1.40. The molecule has 4 rings (SSSR count). The Kier molecular flexibility index (Phi) is 6.32. The standard InChI is InChI=1S/C22H28N4O3S/c1-14-9-10-17-18(12-14)30-22(24-17)25-19(27)13-26-11-5-8-16(21(26)29)20(28)23-15-6-3-2-4-7-15/h5,8,11,14-15H,2-4,6-7,9-10,12-13H2,1H3,(H,23,28)(H,24,25,27). The number of rotatable bonds is 5. The van der Waals surface area contributed by atoms with E-state index in [4.69, 9.17) is 0 Å². The minimum Gasteiger partial charge on any atom is -0.349 e. The minimum atomic E-state index is -0.451. The lowest BCUT2D eigenvalue weighted by molar-refractivity contribution is -0.116. The lowest BCUT2D eigenvalue weighted by Gasteiger charge is -2.22. The zero-order valence-corrected chi connectivity index (χ0v) is 18.1. The van der Waals surface area contributed by atoms with Gasteiger partial charge in [-0.1, -0.05) is 26.2 Å². The molecular weight excluding hydrogens is 400 g/mol. The third-order valence-corrected chi connectivity index (χ3v) is 6.99. The Morgan fingerprint density at radius 1 is 1.23 bits per heavy atom. The molecule has 0 aromatic carbocycles. The van der Waals surface area contributed by atoms with Gasteiger partial charge in [0.25, 0.3) is 11.5 Å². The molecule has 2 aliphatic rings. The van der Waals surface area contributed by atoms with Crippen molar-refractivity contribution >= 4 is 28.3 Å². The van der Waals surface area contributed by atoms with Crippen LogP contribution < -0.4 is 16.2 Å². The topological polar surface area (TPSA) is 93.1 Å². The Morgan fingerprint density at radius 2 is 2.03 bits per heavy atom. The van der Waals surface area contributed by atoms with Crippen molar-refractivity contribution in [1.82, 2.24) is 14.9 Å². The SMILES string of the molecule is CC1CCc2nc(NC(=O)Cn3cccc(C(=O)NC4CCCCC4)c3=O)sc2C1. The van der Waals surface area contributed by atoms with Crippen molar-refractivity contribution in [1.29, 1.82) is 0 Å². The second-order valence-corrected chi connectivity index (χ2v) is 9.53. The first-order valence-corrected chi connectivity index (χ1v) is 11.6. The number of anilines is 1. The van der Waals surface area contributed by atoms with Crippen LogP contribution in [0.25, 0.3) is 0 Å². The summed E-state index contributed by atoms with van der Waals surface area (Å²) in [6.07, 6.45) is 9.90. The first-order valence-electron chi connectivity index (χ1n) is 10.8. The number of aromatic nitrogens is 2. The number of amides is 2. The van der Waals surface area contributed by atoms with Gasteiger partial charge in [0.05, 0.1) is 5.69 Å². The van der Waals surface area contributed by atoms with E-state index in [0.717, 1.165) is 50.6 Å². The zero-order valence-electron chi connectivity index (χ0n) is 17.3. The Bertz CT molecular complexity index is 991. The van der Waals surface area contributed by atoms with Gasteiger partial charge in [-0.05, 0) is 50.2 Å². The molecule has 1 atom stereocenters. The Morgan fingerprint density at radius 3 is 2.83 bits per heavy atom. The highest BCUT2D eigenvalue weighted by atomic mass is 32.1. The Hall–Kier alpha value is -2.48. The largest absolute Gasteiger partial charge is 0.349 e. The number of fused-ring (bicyclic) bond motifs is 1. The molecule has 2 aromatic heterocycles. The summed E-state index contributed by atoms with van der Waals surface area (Å²) < 4.78 is 1.28. The molecule has 0 radical (unpaired) electrons. The van der Waals surface area contributed by atoms with Gasteiger partial charge in [-0.15, -0.1) is 11.3 Å². The zero-order chi connectivity index (χ0) is 21.1. The molecule has 7 nitrogen and oxygen atoms in total. The number of aryl methyl sites for hydroxylation is 1. The van der Waals surface area contributed by atoms with Crippen LogP contribution in [-0.4, -0.2) is 27.4 Å². The van der Waals surface area contributed by atoms with Gasteiger partial charge in [-0.25, -0.2) is 4.98 Å². The van der Waals surface area contributed by atoms with E-state index in [-0.39, 0.29) is 30.0 Å². The van der Waals surface area contributed by atoms with Crippen LogP contribution in [-0.2, 0) is 24.2 Å². The van der Waals surface area contributed by atoms with Crippen molar-refractivity contribution in [2.24, 2.45) is 5.92 Å².